The molecule has 7 nitrogen and oxygen atoms in total. The molecule has 1 aliphatic heterocycles. The summed E-state index contributed by atoms with van der Waals surface area (Å²) < 4.78 is 6.59. The van der Waals surface area contributed by atoms with Gasteiger partial charge >= 0.3 is 4.87 Å². The summed E-state index contributed by atoms with van der Waals surface area (Å²) in [4.78, 5) is 37.8. The Morgan fingerprint density at radius 2 is 1.95 bits per heavy atom. The van der Waals surface area contributed by atoms with Crippen LogP contribution in [-0.2, 0) is 20.9 Å². The van der Waals surface area contributed by atoms with E-state index < -0.39 is 0 Å². The summed E-state index contributed by atoms with van der Waals surface area (Å²) in [6, 6.07) is 0. The maximum atomic E-state index is 11.9. The van der Waals surface area contributed by atoms with Gasteiger partial charge in [0, 0.05) is 23.7 Å². The van der Waals surface area contributed by atoms with Gasteiger partial charge in [-0.05, 0) is 13.8 Å². The number of thiazole rings is 1. The number of ether oxygens (including phenoxy) is 1. The molecule has 0 spiro atoms. The van der Waals surface area contributed by atoms with Gasteiger partial charge in [-0.3, -0.25) is 19.0 Å². The second-order valence-electron chi connectivity index (χ2n) is 4.87. The lowest BCUT2D eigenvalue weighted by Gasteiger charge is -2.26. The van der Waals surface area contributed by atoms with Gasteiger partial charge in [0.1, 0.15) is 6.54 Å². The Bertz CT molecular complexity index is 587. The molecule has 0 saturated carbocycles. The van der Waals surface area contributed by atoms with Crippen LogP contribution in [0.1, 0.15) is 10.6 Å². The zero-order chi connectivity index (χ0) is 15.4. The Labute approximate surface area is 126 Å². The van der Waals surface area contributed by atoms with Gasteiger partial charge in [0.15, 0.2) is 0 Å². The number of carbonyl (C=O) groups is 2. The van der Waals surface area contributed by atoms with Crippen molar-refractivity contribution in [1.82, 2.24) is 14.8 Å². The summed E-state index contributed by atoms with van der Waals surface area (Å²) >= 11 is 1.12. The monoisotopic (exact) mass is 313 g/mol. The second-order valence-corrected chi connectivity index (χ2v) is 6.03. The van der Waals surface area contributed by atoms with Crippen LogP contribution in [0.4, 0.5) is 0 Å². The smallest absolute Gasteiger partial charge is 0.308 e. The van der Waals surface area contributed by atoms with E-state index in [2.05, 4.69) is 5.32 Å². The van der Waals surface area contributed by atoms with Crippen molar-refractivity contribution >= 4 is 23.2 Å². The lowest BCUT2D eigenvalue weighted by atomic mass is 10.4. The first-order valence-electron chi connectivity index (χ1n) is 6.78. The lowest BCUT2D eigenvalue weighted by Crippen LogP contribution is -2.46. The number of nitrogens with one attached hydrogen (secondary N) is 1. The van der Waals surface area contributed by atoms with Gasteiger partial charge in [0.05, 0.1) is 19.8 Å². The Morgan fingerprint density at radius 1 is 1.29 bits per heavy atom. The molecule has 0 bridgehead atoms. The summed E-state index contributed by atoms with van der Waals surface area (Å²) in [5.74, 6) is -0.461. The quantitative estimate of drug-likeness (QED) is 0.813. The van der Waals surface area contributed by atoms with Gasteiger partial charge in [-0.15, -0.1) is 0 Å². The van der Waals surface area contributed by atoms with E-state index in [1.807, 2.05) is 6.92 Å². The first-order chi connectivity index (χ1) is 9.99. The molecule has 2 heterocycles. The van der Waals surface area contributed by atoms with E-state index in [0.717, 1.165) is 21.9 Å². The van der Waals surface area contributed by atoms with Crippen molar-refractivity contribution in [2.75, 3.05) is 32.8 Å². The number of nitrogens with zero attached hydrogens (tertiary/aromatic N) is 2. The topological polar surface area (TPSA) is 80.6 Å². The Kier molecular flexibility index (Phi) is 5.13. The number of aromatic nitrogens is 1. The fourth-order valence-electron chi connectivity index (χ4n) is 2.07. The number of morpholine rings is 1. The molecule has 1 aromatic heterocycles. The molecule has 1 fully saturated rings. The largest absolute Gasteiger partial charge is 0.378 e. The fraction of sp³-hybridized carbons (Fsp3) is 0.615. The van der Waals surface area contributed by atoms with Gasteiger partial charge in [-0.2, -0.15) is 0 Å². The van der Waals surface area contributed by atoms with E-state index in [-0.39, 0.29) is 29.8 Å². The van der Waals surface area contributed by atoms with Crippen molar-refractivity contribution in [3.63, 3.8) is 0 Å². The van der Waals surface area contributed by atoms with Crippen molar-refractivity contribution in [3.05, 3.63) is 20.2 Å². The molecule has 21 heavy (non-hydrogen) atoms. The molecule has 0 unspecified atom stereocenters. The van der Waals surface area contributed by atoms with Gasteiger partial charge in [0.2, 0.25) is 11.8 Å². The summed E-state index contributed by atoms with van der Waals surface area (Å²) in [5.41, 5.74) is 0.791. The number of hydrogen-bond donors (Lipinski definition) is 1. The third kappa shape index (κ3) is 3.92. The molecule has 0 radical (unpaired) electrons. The van der Waals surface area contributed by atoms with E-state index in [1.54, 1.807) is 11.8 Å². The highest BCUT2D eigenvalue weighted by Gasteiger charge is 2.18. The molecule has 1 aliphatic rings. The van der Waals surface area contributed by atoms with Crippen molar-refractivity contribution in [2.45, 2.75) is 20.4 Å². The highest BCUT2D eigenvalue weighted by atomic mass is 32.1. The first kappa shape index (κ1) is 15.7. The molecular formula is C13H19N3O4S. The average molecular weight is 313 g/mol. The van der Waals surface area contributed by atoms with Crippen LogP contribution in [-0.4, -0.2) is 54.1 Å². The van der Waals surface area contributed by atoms with Crippen LogP contribution in [0.3, 0.4) is 0 Å². The molecule has 0 aliphatic carbocycles. The van der Waals surface area contributed by atoms with E-state index >= 15 is 0 Å². The zero-order valence-corrected chi connectivity index (χ0v) is 13.0. The van der Waals surface area contributed by atoms with E-state index in [1.165, 1.54) is 4.57 Å². The van der Waals surface area contributed by atoms with E-state index in [9.17, 15) is 14.4 Å². The van der Waals surface area contributed by atoms with Crippen LogP contribution in [0.2, 0.25) is 0 Å². The van der Waals surface area contributed by atoms with E-state index in [4.69, 9.17) is 4.74 Å². The van der Waals surface area contributed by atoms with Crippen LogP contribution in [0, 0.1) is 13.8 Å². The predicted molar refractivity (Wildman–Crippen MR) is 78.5 cm³/mol. The number of aryl methyl sites for hydroxylation is 1. The minimum Gasteiger partial charge on any atom is -0.378 e. The predicted octanol–water partition coefficient (Wildman–Crippen LogP) is -0.498. The number of hydrogen-bond acceptors (Lipinski definition) is 5. The second kappa shape index (κ2) is 6.86. The van der Waals surface area contributed by atoms with E-state index in [0.29, 0.717) is 26.3 Å². The van der Waals surface area contributed by atoms with Gasteiger partial charge < -0.3 is 15.0 Å². The molecular weight excluding hydrogens is 294 g/mol. The Hall–Kier alpha value is -1.67. The molecule has 2 rings (SSSR count). The standard InChI is InChI=1S/C13H19N3O4S/c1-9-10(2)21-13(19)16(9)8-11(17)14-7-12(18)15-3-5-20-6-4-15/h3-8H2,1-2H3,(H,14,17). The number of carbonyl (C=O) groups excluding carboxylic acids is 2. The Balaban J connectivity index is 1.84. The van der Waals surface area contributed by atoms with Crippen molar-refractivity contribution < 1.29 is 14.3 Å². The fourth-order valence-corrected chi connectivity index (χ4v) is 2.90. The zero-order valence-electron chi connectivity index (χ0n) is 12.2. The SMILES string of the molecule is Cc1sc(=O)n(CC(=O)NCC(=O)N2CCOCC2)c1C. The molecule has 1 saturated heterocycles. The number of rotatable bonds is 4. The summed E-state index contributed by atoms with van der Waals surface area (Å²) in [6.07, 6.45) is 0. The van der Waals surface area contributed by atoms with Crippen LogP contribution in [0.15, 0.2) is 4.79 Å². The lowest BCUT2D eigenvalue weighted by molar-refractivity contribution is -0.136. The summed E-state index contributed by atoms with van der Waals surface area (Å²) in [7, 11) is 0. The van der Waals surface area contributed by atoms with Crippen molar-refractivity contribution in [3.8, 4) is 0 Å². The van der Waals surface area contributed by atoms with Crippen LogP contribution in [0.5, 0.6) is 0 Å². The normalized spacial score (nSPS) is 15.0. The molecule has 1 N–H and O–H groups in total. The minimum absolute atomic E-state index is 0.0459. The van der Waals surface area contributed by atoms with Crippen LogP contribution in [0.25, 0.3) is 0 Å². The number of amides is 2. The third-order valence-electron chi connectivity index (χ3n) is 3.48. The average Bonchev–Trinajstić information content (AvgIpc) is 2.72. The maximum Gasteiger partial charge on any atom is 0.308 e. The van der Waals surface area contributed by atoms with Gasteiger partial charge in [-0.1, -0.05) is 11.3 Å². The minimum atomic E-state index is -0.334. The Morgan fingerprint density at radius 3 is 2.52 bits per heavy atom. The summed E-state index contributed by atoms with van der Waals surface area (Å²) in [5, 5.41) is 2.57. The van der Waals surface area contributed by atoms with Crippen LogP contribution >= 0.6 is 11.3 Å². The highest BCUT2D eigenvalue weighted by molar-refractivity contribution is 7.09. The van der Waals surface area contributed by atoms with Crippen molar-refractivity contribution in [1.29, 1.82) is 0 Å². The highest BCUT2D eigenvalue weighted by Crippen LogP contribution is 2.08. The molecule has 2 amide bonds. The molecule has 0 aromatic carbocycles. The van der Waals surface area contributed by atoms with Crippen LogP contribution < -0.4 is 10.2 Å². The molecule has 8 heteroatoms. The maximum absolute atomic E-state index is 11.9. The third-order valence-corrected chi connectivity index (χ3v) is 4.47. The van der Waals surface area contributed by atoms with Gasteiger partial charge in [-0.25, -0.2) is 0 Å². The first-order valence-corrected chi connectivity index (χ1v) is 7.59. The van der Waals surface area contributed by atoms with Crippen molar-refractivity contribution in [2.24, 2.45) is 0 Å². The molecule has 116 valence electrons. The molecule has 0 atom stereocenters. The molecule has 1 aromatic rings. The van der Waals surface area contributed by atoms with Gasteiger partial charge in [0.25, 0.3) is 0 Å². The summed E-state index contributed by atoms with van der Waals surface area (Å²) in [6.45, 7) is 5.72.